The average Bonchev–Trinajstić information content (AvgIpc) is 3.16. The van der Waals surface area contributed by atoms with Crippen molar-refractivity contribution in [3.8, 4) is 0 Å². The summed E-state index contributed by atoms with van der Waals surface area (Å²) < 4.78 is 6.15. The predicted molar refractivity (Wildman–Crippen MR) is 171 cm³/mol. The number of amides is 1. The molecule has 0 aliphatic carbocycles. The number of aliphatic carboxylic acids is 1. The standard InChI is InChI=1S/C34H37N3O5S/c1-20-22-17-24-28-27(34(4,5)13-16-35(28)15-12-33(24,2)3)29(22)42-31(41)23(20)18-25-30(40)36(32(43)37(25)19-26(38)39)14-11-21-9-7-6-8-10-21/h6-10,17-18H,11-16,19H2,1-5H3,(H,38,39)/b25-18+. The Hall–Kier alpha value is -3.98. The lowest BCUT2D eigenvalue weighted by Gasteiger charge is -2.48. The van der Waals surface area contributed by atoms with E-state index in [-0.39, 0.29) is 33.7 Å². The maximum Gasteiger partial charge on any atom is 0.343 e. The van der Waals surface area contributed by atoms with Crippen molar-refractivity contribution < 1.29 is 19.1 Å². The number of carboxylic acid groups (broad SMARTS) is 1. The minimum Gasteiger partial charge on any atom is -0.480 e. The highest BCUT2D eigenvalue weighted by atomic mass is 32.1. The molecule has 8 nitrogen and oxygen atoms in total. The van der Waals surface area contributed by atoms with E-state index in [2.05, 4.69) is 38.7 Å². The molecule has 1 aromatic heterocycles. The van der Waals surface area contributed by atoms with Crippen LogP contribution in [0, 0.1) is 6.92 Å². The van der Waals surface area contributed by atoms with E-state index >= 15 is 0 Å². The lowest BCUT2D eigenvalue weighted by molar-refractivity contribution is -0.137. The summed E-state index contributed by atoms with van der Waals surface area (Å²) in [5.74, 6) is -1.56. The monoisotopic (exact) mass is 599 g/mol. The number of fused-ring (bicyclic) bond motifs is 2. The quantitative estimate of drug-likeness (QED) is 0.230. The van der Waals surface area contributed by atoms with Crippen molar-refractivity contribution in [2.45, 2.75) is 64.7 Å². The van der Waals surface area contributed by atoms with Crippen molar-refractivity contribution in [3.05, 3.63) is 80.3 Å². The van der Waals surface area contributed by atoms with Crippen LogP contribution >= 0.6 is 12.2 Å². The third-order valence-corrected chi connectivity index (χ3v) is 9.91. The molecule has 3 aromatic rings. The van der Waals surface area contributed by atoms with Gasteiger partial charge in [0.2, 0.25) is 0 Å². The molecule has 0 atom stereocenters. The maximum absolute atomic E-state index is 13.7. The van der Waals surface area contributed by atoms with Gasteiger partial charge in [-0.3, -0.25) is 14.5 Å². The van der Waals surface area contributed by atoms with E-state index < -0.39 is 24.0 Å². The van der Waals surface area contributed by atoms with Gasteiger partial charge in [-0.2, -0.15) is 0 Å². The Balaban J connectivity index is 1.50. The van der Waals surface area contributed by atoms with Crippen molar-refractivity contribution in [1.29, 1.82) is 0 Å². The van der Waals surface area contributed by atoms with E-state index in [1.807, 2.05) is 37.3 Å². The van der Waals surface area contributed by atoms with Gasteiger partial charge in [-0.05, 0) is 78.1 Å². The number of carboxylic acids is 1. The maximum atomic E-state index is 13.7. The third-order valence-electron chi connectivity index (χ3n) is 9.47. The SMILES string of the molecule is Cc1c(/C=C2\C(=O)N(CCc3ccccc3)C(=S)N2CC(=O)O)c(=O)oc2c3c4c(cc12)C(C)(C)CCN4CCC3(C)C. The van der Waals surface area contributed by atoms with E-state index in [9.17, 15) is 19.5 Å². The van der Waals surface area contributed by atoms with Crippen molar-refractivity contribution in [2.24, 2.45) is 0 Å². The lowest BCUT2D eigenvalue weighted by Crippen LogP contribution is -2.44. The molecular weight excluding hydrogens is 562 g/mol. The molecule has 1 N–H and O–H groups in total. The molecule has 6 rings (SSSR count). The Morgan fingerprint density at radius 1 is 1.05 bits per heavy atom. The molecule has 1 saturated heterocycles. The van der Waals surface area contributed by atoms with Crippen molar-refractivity contribution in [2.75, 3.05) is 31.1 Å². The van der Waals surface area contributed by atoms with Crippen LogP contribution in [0.1, 0.15) is 68.4 Å². The van der Waals surface area contributed by atoms with Crippen LogP contribution in [0.15, 0.2) is 51.3 Å². The fraction of sp³-hybridized carbons (Fsp3) is 0.412. The molecule has 43 heavy (non-hydrogen) atoms. The second kappa shape index (κ2) is 10.3. The Kier molecular flexibility index (Phi) is 6.99. The number of anilines is 1. The van der Waals surface area contributed by atoms with Gasteiger partial charge in [0.05, 0.1) is 5.56 Å². The van der Waals surface area contributed by atoms with Crippen LogP contribution in [0.4, 0.5) is 5.69 Å². The molecule has 4 heterocycles. The van der Waals surface area contributed by atoms with E-state index in [4.69, 9.17) is 16.6 Å². The smallest absolute Gasteiger partial charge is 0.343 e. The number of nitrogens with zero attached hydrogens (tertiary/aromatic N) is 3. The van der Waals surface area contributed by atoms with Gasteiger partial charge in [0.1, 0.15) is 17.8 Å². The first-order chi connectivity index (χ1) is 20.3. The number of thiocarbonyl (C=S) groups is 1. The second-order valence-corrected chi connectivity index (χ2v) is 13.6. The third kappa shape index (κ3) is 4.83. The van der Waals surface area contributed by atoms with E-state index in [0.29, 0.717) is 17.6 Å². The first-order valence-electron chi connectivity index (χ1n) is 14.8. The van der Waals surface area contributed by atoms with Gasteiger partial charge in [0.15, 0.2) is 5.11 Å². The highest BCUT2D eigenvalue weighted by Gasteiger charge is 2.43. The molecule has 9 heteroatoms. The molecule has 0 unspecified atom stereocenters. The number of hydrogen-bond donors (Lipinski definition) is 1. The van der Waals surface area contributed by atoms with Crippen LogP contribution in [0.25, 0.3) is 17.0 Å². The normalized spacial score (nSPS) is 19.8. The molecule has 2 aromatic carbocycles. The first kappa shape index (κ1) is 29.1. The summed E-state index contributed by atoms with van der Waals surface area (Å²) in [6.07, 6.45) is 3.98. The average molecular weight is 600 g/mol. The van der Waals surface area contributed by atoms with Gasteiger partial charge >= 0.3 is 11.6 Å². The van der Waals surface area contributed by atoms with E-state index in [1.54, 1.807) is 0 Å². The molecule has 1 fully saturated rings. The number of rotatable bonds is 6. The molecule has 0 spiro atoms. The van der Waals surface area contributed by atoms with Gasteiger partial charge < -0.3 is 19.3 Å². The van der Waals surface area contributed by atoms with Crippen LogP contribution in [-0.2, 0) is 26.8 Å². The summed E-state index contributed by atoms with van der Waals surface area (Å²) in [6.45, 7) is 12.5. The summed E-state index contributed by atoms with van der Waals surface area (Å²) in [5.41, 5.74) is 5.28. The zero-order chi connectivity index (χ0) is 30.8. The minimum atomic E-state index is -1.13. The number of aryl methyl sites for hydroxylation is 1. The molecular formula is C34H37N3O5S. The zero-order valence-electron chi connectivity index (χ0n) is 25.3. The summed E-state index contributed by atoms with van der Waals surface area (Å²) in [4.78, 5) is 44.4. The highest BCUT2D eigenvalue weighted by molar-refractivity contribution is 7.80. The fourth-order valence-electron chi connectivity index (χ4n) is 6.79. The van der Waals surface area contributed by atoms with Gasteiger partial charge in [-0.15, -0.1) is 0 Å². The molecule has 0 radical (unpaired) electrons. The molecule has 3 aliphatic rings. The van der Waals surface area contributed by atoms with Crippen LogP contribution in [0.3, 0.4) is 0 Å². The van der Waals surface area contributed by atoms with E-state index in [0.717, 1.165) is 42.4 Å². The van der Waals surface area contributed by atoms with Gasteiger partial charge in [-0.1, -0.05) is 58.0 Å². The number of carbonyl (C=O) groups excluding carboxylic acids is 1. The topological polar surface area (TPSA) is 94.3 Å². The predicted octanol–water partition coefficient (Wildman–Crippen LogP) is 5.37. The Labute approximate surface area is 256 Å². The Bertz CT molecular complexity index is 1770. The van der Waals surface area contributed by atoms with Crippen LogP contribution in [0.5, 0.6) is 0 Å². The molecule has 1 amide bonds. The van der Waals surface area contributed by atoms with Gasteiger partial charge in [-0.25, -0.2) is 4.79 Å². The number of hydrogen-bond acceptors (Lipinski definition) is 6. The van der Waals surface area contributed by atoms with Crippen LogP contribution in [-0.4, -0.2) is 58.1 Å². The summed E-state index contributed by atoms with van der Waals surface area (Å²) in [7, 11) is 0. The summed E-state index contributed by atoms with van der Waals surface area (Å²) in [6, 6.07) is 11.9. The Morgan fingerprint density at radius 2 is 1.72 bits per heavy atom. The second-order valence-electron chi connectivity index (χ2n) is 13.2. The highest BCUT2D eigenvalue weighted by Crippen LogP contribution is 2.52. The molecule has 0 bridgehead atoms. The van der Waals surface area contributed by atoms with Gasteiger partial charge in [0.25, 0.3) is 5.91 Å². The van der Waals surface area contributed by atoms with Crippen molar-refractivity contribution >= 4 is 51.9 Å². The molecule has 0 saturated carbocycles. The van der Waals surface area contributed by atoms with Gasteiger partial charge in [0, 0.05) is 36.3 Å². The number of carbonyl (C=O) groups is 2. The van der Waals surface area contributed by atoms with Crippen molar-refractivity contribution in [3.63, 3.8) is 0 Å². The van der Waals surface area contributed by atoms with E-state index in [1.165, 1.54) is 27.1 Å². The Morgan fingerprint density at radius 3 is 2.40 bits per heavy atom. The fourth-order valence-corrected chi connectivity index (χ4v) is 7.12. The summed E-state index contributed by atoms with van der Waals surface area (Å²) >= 11 is 5.60. The minimum absolute atomic E-state index is 0.0568. The van der Waals surface area contributed by atoms with Crippen LogP contribution in [0.2, 0.25) is 0 Å². The largest absolute Gasteiger partial charge is 0.480 e. The zero-order valence-corrected chi connectivity index (χ0v) is 26.1. The first-order valence-corrected chi connectivity index (χ1v) is 15.2. The number of benzene rings is 2. The summed E-state index contributed by atoms with van der Waals surface area (Å²) in [5, 5.41) is 10.6. The molecule has 3 aliphatic heterocycles. The van der Waals surface area contributed by atoms with Crippen LogP contribution < -0.4 is 10.5 Å². The van der Waals surface area contributed by atoms with Crippen molar-refractivity contribution in [1.82, 2.24) is 9.80 Å². The molecule has 224 valence electrons. The lowest BCUT2D eigenvalue weighted by atomic mass is 9.69.